The van der Waals surface area contributed by atoms with Gasteiger partial charge in [-0.05, 0) is 86.5 Å². The van der Waals surface area contributed by atoms with Crippen LogP contribution in [0.3, 0.4) is 0 Å². The number of benzene rings is 2. The van der Waals surface area contributed by atoms with E-state index in [9.17, 15) is 4.79 Å². The molecule has 1 aliphatic rings. The molecule has 4 aromatic rings. The van der Waals surface area contributed by atoms with E-state index in [0.29, 0.717) is 11.4 Å². The lowest BCUT2D eigenvalue weighted by atomic mass is 10.0. The van der Waals surface area contributed by atoms with Gasteiger partial charge in [0.1, 0.15) is 11.8 Å². The minimum absolute atomic E-state index is 0.136. The predicted molar refractivity (Wildman–Crippen MR) is 145 cm³/mol. The molecule has 3 heterocycles. The van der Waals surface area contributed by atoms with Crippen LogP contribution in [0.15, 0.2) is 47.3 Å². The van der Waals surface area contributed by atoms with Crippen molar-refractivity contribution in [2.24, 2.45) is 0 Å². The number of anilines is 1. The lowest BCUT2D eigenvalue weighted by Gasteiger charge is -2.40. The average Bonchev–Trinajstić information content (AvgIpc) is 3.37. The normalized spacial score (nSPS) is 15.8. The average molecular weight is 502 g/mol. The second-order valence-electron chi connectivity index (χ2n) is 10.8. The minimum Gasteiger partial charge on any atom is -0.497 e. The highest BCUT2D eigenvalue weighted by Crippen LogP contribution is 2.32. The summed E-state index contributed by atoms with van der Waals surface area (Å²) in [5, 5.41) is 13.7. The number of fused-ring (bicyclic) bond motifs is 1. The third-order valence-electron chi connectivity index (χ3n) is 7.34. The van der Waals surface area contributed by atoms with Gasteiger partial charge < -0.3 is 14.6 Å². The molecule has 0 unspecified atom stereocenters. The van der Waals surface area contributed by atoms with Gasteiger partial charge in [-0.1, -0.05) is 12.1 Å². The van der Waals surface area contributed by atoms with Gasteiger partial charge in [-0.15, -0.1) is 5.10 Å². The van der Waals surface area contributed by atoms with Gasteiger partial charge in [0.25, 0.3) is 5.56 Å². The van der Waals surface area contributed by atoms with Gasteiger partial charge in [-0.2, -0.15) is 0 Å². The van der Waals surface area contributed by atoms with Gasteiger partial charge >= 0.3 is 0 Å². The first-order valence-electron chi connectivity index (χ1n) is 12.7. The molecule has 2 aromatic heterocycles. The van der Waals surface area contributed by atoms with Gasteiger partial charge in [0, 0.05) is 48.3 Å². The maximum atomic E-state index is 13.5. The van der Waals surface area contributed by atoms with Crippen LogP contribution < -0.4 is 15.2 Å². The maximum Gasteiger partial charge on any atom is 0.253 e. The third-order valence-corrected chi connectivity index (χ3v) is 7.34. The lowest BCUT2D eigenvalue weighted by molar-refractivity contribution is 0.190. The van der Waals surface area contributed by atoms with Crippen molar-refractivity contribution in [3.63, 3.8) is 0 Å². The van der Waals surface area contributed by atoms with Crippen LogP contribution in [0.1, 0.15) is 49.3 Å². The van der Waals surface area contributed by atoms with E-state index in [1.54, 1.807) is 7.11 Å². The van der Waals surface area contributed by atoms with Crippen molar-refractivity contribution < 1.29 is 4.74 Å². The molecule has 1 atom stereocenters. The molecule has 1 N–H and O–H groups in total. The number of hydrogen-bond donors (Lipinski definition) is 1. The van der Waals surface area contributed by atoms with Crippen molar-refractivity contribution >= 4 is 16.6 Å². The number of aromatic nitrogens is 5. The molecule has 2 aromatic carbocycles. The first-order valence-corrected chi connectivity index (χ1v) is 12.7. The quantitative estimate of drug-likeness (QED) is 0.445. The van der Waals surface area contributed by atoms with E-state index in [-0.39, 0.29) is 11.1 Å². The molecule has 9 heteroatoms. The van der Waals surface area contributed by atoms with Crippen LogP contribution in [0.5, 0.6) is 5.75 Å². The summed E-state index contributed by atoms with van der Waals surface area (Å²) in [6, 6.07) is 13.7. The molecular formula is C28H35N7O2. The van der Waals surface area contributed by atoms with Gasteiger partial charge in [0.15, 0.2) is 5.82 Å². The second kappa shape index (κ2) is 9.63. The first kappa shape index (κ1) is 25.0. The molecular weight excluding hydrogens is 466 g/mol. The topological polar surface area (TPSA) is 92.2 Å². The van der Waals surface area contributed by atoms with Crippen LogP contribution in [0.4, 0.5) is 5.69 Å². The Bertz CT molecular complexity index is 1480. The van der Waals surface area contributed by atoms with Crippen molar-refractivity contribution in [3.05, 3.63) is 75.3 Å². The Balaban J connectivity index is 1.56. The molecule has 0 bridgehead atoms. The summed E-state index contributed by atoms with van der Waals surface area (Å²) in [5.74, 6) is 1.41. The summed E-state index contributed by atoms with van der Waals surface area (Å²) >= 11 is 0. The SMILES string of the molecule is COc1ccc2[nH]c(=O)c([C@@H](c3nnnn3C(C)(C)C)N3CCN(c4cccc(C)c4C)CC3)cc2c1. The Hall–Kier alpha value is -3.72. The van der Waals surface area contributed by atoms with Crippen LogP contribution in [0.25, 0.3) is 10.9 Å². The summed E-state index contributed by atoms with van der Waals surface area (Å²) in [4.78, 5) is 21.3. The number of aryl methyl sites for hydroxylation is 1. The number of rotatable bonds is 5. The molecule has 1 fully saturated rings. The van der Waals surface area contributed by atoms with Crippen molar-refractivity contribution in [3.8, 4) is 5.75 Å². The van der Waals surface area contributed by atoms with Gasteiger partial charge in [-0.3, -0.25) is 9.69 Å². The minimum atomic E-state index is -0.394. The van der Waals surface area contributed by atoms with Crippen LogP contribution in [0, 0.1) is 13.8 Å². The van der Waals surface area contributed by atoms with Gasteiger partial charge in [0.2, 0.25) is 0 Å². The number of pyridine rings is 1. The summed E-state index contributed by atoms with van der Waals surface area (Å²) in [7, 11) is 1.64. The molecule has 0 spiro atoms. The van der Waals surface area contributed by atoms with E-state index in [1.807, 2.05) is 28.9 Å². The summed E-state index contributed by atoms with van der Waals surface area (Å²) < 4.78 is 7.27. The fourth-order valence-electron chi connectivity index (χ4n) is 5.17. The largest absolute Gasteiger partial charge is 0.497 e. The summed E-state index contributed by atoms with van der Waals surface area (Å²) in [6.45, 7) is 13.8. The molecule has 1 aliphatic heterocycles. The number of nitrogens with zero attached hydrogens (tertiary/aromatic N) is 6. The number of ether oxygens (including phenoxy) is 1. The Labute approximate surface area is 217 Å². The van der Waals surface area contributed by atoms with E-state index < -0.39 is 6.04 Å². The maximum absolute atomic E-state index is 13.5. The summed E-state index contributed by atoms with van der Waals surface area (Å²) in [5.41, 5.74) is 4.79. The monoisotopic (exact) mass is 501 g/mol. The number of aromatic amines is 1. The van der Waals surface area contributed by atoms with Crippen LogP contribution in [-0.4, -0.2) is 63.4 Å². The Morgan fingerprint density at radius 3 is 2.49 bits per heavy atom. The molecule has 9 nitrogen and oxygen atoms in total. The van der Waals surface area contributed by atoms with Crippen molar-refractivity contribution in [1.29, 1.82) is 0 Å². The third kappa shape index (κ3) is 4.71. The molecule has 1 saturated heterocycles. The number of H-pyrrole nitrogens is 1. The highest BCUT2D eigenvalue weighted by atomic mass is 16.5. The Morgan fingerprint density at radius 2 is 1.78 bits per heavy atom. The highest BCUT2D eigenvalue weighted by molar-refractivity contribution is 5.80. The standard InChI is InChI=1S/C28H35N7O2/c1-18-8-7-9-24(19(18)2)33-12-14-34(15-13-33)25(26-30-31-32-35(26)28(3,4)5)22-17-20-16-21(37-6)10-11-23(20)29-27(22)36/h7-11,16-17,25H,12-15H2,1-6H3,(H,29,36)/t25-/m0/s1. The van der Waals surface area contributed by atoms with E-state index in [2.05, 4.69) is 83.1 Å². The lowest BCUT2D eigenvalue weighted by Crippen LogP contribution is -2.49. The number of nitrogens with one attached hydrogen (secondary N) is 1. The Kier molecular flexibility index (Phi) is 6.49. The van der Waals surface area contributed by atoms with Crippen LogP contribution >= 0.6 is 0 Å². The number of methoxy groups -OCH3 is 1. The van der Waals surface area contributed by atoms with E-state index in [4.69, 9.17) is 4.74 Å². The Morgan fingerprint density at radius 1 is 1.03 bits per heavy atom. The molecule has 37 heavy (non-hydrogen) atoms. The fourth-order valence-corrected chi connectivity index (χ4v) is 5.17. The number of piperazine rings is 1. The smallest absolute Gasteiger partial charge is 0.253 e. The van der Waals surface area contributed by atoms with E-state index in [0.717, 1.165) is 42.8 Å². The zero-order valence-electron chi connectivity index (χ0n) is 22.4. The predicted octanol–water partition coefficient (Wildman–Crippen LogP) is 3.81. The molecule has 194 valence electrons. The van der Waals surface area contributed by atoms with Gasteiger partial charge in [-0.25, -0.2) is 4.68 Å². The molecule has 0 aliphatic carbocycles. The number of tetrazole rings is 1. The summed E-state index contributed by atoms with van der Waals surface area (Å²) in [6.07, 6.45) is 0. The zero-order valence-corrected chi connectivity index (χ0v) is 22.4. The van der Waals surface area contributed by atoms with Crippen molar-refractivity contribution in [1.82, 2.24) is 30.1 Å². The van der Waals surface area contributed by atoms with Gasteiger partial charge in [0.05, 0.1) is 12.6 Å². The fraction of sp³-hybridized carbons (Fsp3) is 0.429. The van der Waals surface area contributed by atoms with Crippen LogP contribution in [0.2, 0.25) is 0 Å². The second-order valence-corrected chi connectivity index (χ2v) is 10.8. The zero-order chi connectivity index (χ0) is 26.3. The number of hydrogen-bond acceptors (Lipinski definition) is 7. The molecule has 0 saturated carbocycles. The van der Waals surface area contributed by atoms with Crippen molar-refractivity contribution in [2.45, 2.75) is 46.2 Å². The first-order chi connectivity index (χ1) is 17.7. The molecule has 0 radical (unpaired) electrons. The highest BCUT2D eigenvalue weighted by Gasteiger charge is 2.35. The van der Waals surface area contributed by atoms with Crippen LogP contribution in [-0.2, 0) is 5.54 Å². The molecule has 0 amide bonds. The van der Waals surface area contributed by atoms with Crippen molar-refractivity contribution in [2.75, 3.05) is 38.2 Å². The van der Waals surface area contributed by atoms with E-state index in [1.165, 1.54) is 16.8 Å². The van der Waals surface area contributed by atoms with E-state index >= 15 is 0 Å². The molecule has 5 rings (SSSR count).